The molecule has 39 heavy (non-hydrogen) atoms. The maximum atomic E-state index is 13.3. The van der Waals surface area contributed by atoms with E-state index in [2.05, 4.69) is 50.8 Å². The summed E-state index contributed by atoms with van der Waals surface area (Å²) < 4.78 is 8.85. The van der Waals surface area contributed by atoms with Crippen LogP contribution in [0.2, 0.25) is 0 Å². The number of benzene rings is 1. The highest BCUT2D eigenvalue weighted by atomic mass is 16.5. The molecular formula is C28H32N8O3. The standard InChI is InChI=1S/C28H32N8O3/c1-5-11-35-26(37)20-15-29-27(32-25(20)36(35)24-8-6-7-23(31-24)28(2,3)38)30-18-9-10-21-22(14-18)33(4)16-19-17-39-13-12-34(19)21/h5-10,14-15,19,38H,1,11-13,16-17H2,2-4H3,(H,29,30,32). The Balaban J connectivity index is 1.41. The summed E-state index contributed by atoms with van der Waals surface area (Å²) in [6.45, 7) is 10.6. The number of likely N-dealkylation sites (N-methyl/N-ethyl adjacent to an activating group) is 1. The average molecular weight is 529 g/mol. The highest BCUT2D eigenvalue weighted by Crippen LogP contribution is 2.38. The van der Waals surface area contributed by atoms with Crippen LogP contribution in [0.1, 0.15) is 19.5 Å². The number of aliphatic hydroxyl groups is 1. The van der Waals surface area contributed by atoms with Crippen LogP contribution in [0.3, 0.4) is 0 Å². The number of ether oxygens (including phenoxy) is 1. The Kier molecular flexibility index (Phi) is 6.12. The van der Waals surface area contributed by atoms with Gasteiger partial charge in [-0.3, -0.25) is 4.79 Å². The molecule has 0 saturated carbocycles. The molecule has 0 aliphatic carbocycles. The van der Waals surface area contributed by atoms with Gasteiger partial charge < -0.3 is 25.0 Å². The van der Waals surface area contributed by atoms with E-state index in [9.17, 15) is 9.90 Å². The molecule has 202 valence electrons. The van der Waals surface area contributed by atoms with E-state index in [1.807, 2.05) is 6.07 Å². The molecule has 1 unspecified atom stereocenters. The van der Waals surface area contributed by atoms with Crippen LogP contribution in [0, 0.1) is 0 Å². The van der Waals surface area contributed by atoms with Crippen molar-refractivity contribution in [1.29, 1.82) is 0 Å². The molecule has 1 saturated heterocycles. The predicted molar refractivity (Wildman–Crippen MR) is 151 cm³/mol. The fourth-order valence-corrected chi connectivity index (χ4v) is 5.31. The summed E-state index contributed by atoms with van der Waals surface area (Å²) in [5, 5.41) is 14.2. The lowest BCUT2D eigenvalue weighted by molar-refractivity contribution is 0.0738. The van der Waals surface area contributed by atoms with Gasteiger partial charge in [0.05, 0.1) is 42.9 Å². The first-order valence-corrected chi connectivity index (χ1v) is 13.0. The van der Waals surface area contributed by atoms with Gasteiger partial charge in [0.25, 0.3) is 5.56 Å². The quantitative estimate of drug-likeness (QED) is 0.365. The molecule has 0 amide bonds. The van der Waals surface area contributed by atoms with Crippen LogP contribution < -0.4 is 20.7 Å². The van der Waals surface area contributed by atoms with Gasteiger partial charge in [0.2, 0.25) is 5.95 Å². The zero-order chi connectivity index (χ0) is 27.3. The van der Waals surface area contributed by atoms with Crippen LogP contribution in [0.25, 0.3) is 16.9 Å². The van der Waals surface area contributed by atoms with Crippen LogP contribution in [-0.2, 0) is 16.9 Å². The van der Waals surface area contributed by atoms with Gasteiger partial charge in [-0.1, -0.05) is 12.1 Å². The summed E-state index contributed by atoms with van der Waals surface area (Å²) in [5.74, 6) is 0.817. The molecule has 5 heterocycles. The summed E-state index contributed by atoms with van der Waals surface area (Å²) in [6.07, 6.45) is 3.18. The maximum Gasteiger partial charge on any atom is 0.278 e. The van der Waals surface area contributed by atoms with Crippen molar-refractivity contribution in [3.05, 3.63) is 71.3 Å². The first kappa shape index (κ1) is 25.1. The van der Waals surface area contributed by atoms with E-state index in [1.165, 1.54) is 16.6 Å². The zero-order valence-electron chi connectivity index (χ0n) is 22.3. The third-order valence-corrected chi connectivity index (χ3v) is 7.22. The lowest BCUT2D eigenvalue weighted by atomic mass is 10.1. The third-order valence-electron chi connectivity index (χ3n) is 7.22. The summed E-state index contributed by atoms with van der Waals surface area (Å²) in [6, 6.07) is 11.9. The zero-order valence-corrected chi connectivity index (χ0v) is 22.3. The minimum Gasteiger partial charge on any atom is -0.384 e. The Hall–Kier alpha value is -4.22. The molecule has 1 atom stereocenters. The normalized spacial score (nSPS) is 17.2. The van der Waals surface area contributed by atoms with Crippen molar-refractivity contribution in [3.63, 3.8) is 0 Å². The van der Waals surface area contributed by atoms with Gasteiger partial charge in [0, 0.05) is 32.0 Å². The van der Waals surface area contributed by atoms with E-state index in [-0.39, 0.29) is 12.1 Å². The molecule has 0 spiro atoms. The molecule has 2 aliphatic heterocycles. The Bertz CT molecular complexity index is 1620. The van der Waals surface area contributed by atoms with Crippen molar-refractivity contribution in [2.24, 2.45) is 0 Å². The number of pyridine rings is 1. The molecule has 2 aliphatic rings. The van der Waals surface area contributed by atoms with Crippen molar-refractivity contribution in [2.75, 3.05) is 48.5 Å². The maximum absolute atomic E-state index is 13.3. The number of aromatic nitrogens is 5. The summed E-state index contributed by atoms with van der Waals surface area (Å²) in [4.78, 5) is 31.8. The number of hydrogen-bond acceptors (Lipinski definition) is 9. The summed E-state index contributed by atoms with van der Waals surface area (Å²) in [5.41, 5.74) is 2.65. The van der Waals surface area contributed by atoms with Crippen LogP contribution in [0.5, 0.6) is 0 Å². The number of allylic oxidation sites excluding steroid dienone is 1. The summed E-state index contributed by atoms with van der Waals surface area (Å²) in [7, 11) is 2.09. The molecule has 4 aromatic rings. The van der Waals surface area contributed by atoms with Gasteiger partial charge in [-0.25, -0.2) is 19.3 Å². The Morgan fingerprint density at radius 2 is 2.08 bits per heavy atom. The van der Waals surface area contributed by atoms with Crippen molar-refractivity contribution in [3.8, 4) is 5.82 Å². The SMILES string of the molecule is C=CCn1c(=O)c2cnc(Nc3ccc4c(c3)N(C)CC3COCCN43)nc2n1-c1cccc(C(C)(C)O)n1. The number of rotatable bonds is 6. The van der Waals surface area contributed by atoms with E-state index in [1.54, 1.807) is 42.8 Å². The Morgan fingerprint density at radius 3 is 2.87 bits per heavy atom. The third kappa shape index (κ3) is 4.43. The second kappa shape index (κ2) is 9.51. The molecule has 1 aromatic carbocycles. The Morgan fingerprint density at radius 1 is 1.23 bits per heavy atom. The van der Waals surface area contributed by atoms with Gasteiger partial charge in [0.1, 0.15) is 11.0 Å². The van der Waals surface area contributed by atoms with Gasteiger partial charge >= 0.3 is 0 Å². The first-order chi connectivity index (χ1) is 18.7. The second-order valence-corrected chi connectivity index (χ2v) is 10.5. The van der Waals surface area contributed by atoms with Crippen molar-refractivity contribution in [2.45, 2.75) is 32.0 Å². The minimum absolute atomic E-state index is 0.248. The number of nitrogens with zero attached hydrogens (tertiary/aromatic N) is 7. The van der Waals surface area contributed by atoms with Crippen LogP contribution in [-0.4, -0.2) is 68.8 Å². The number of morpholine rings is 1. The summed E-state index contributed by atoms with van der Waals surface area (Å²) >= 11 is 0. The van der Waals surface area contributed by atoms with E-state index in [0.717, 1.165) is 37.7 Å². The predicted octanol–water partition coefficient (Wildman–Crippen LogP) is 2.79. The van der Waals surface area contributed by atoms with Crippen LogP contribution >= 0.6 is 0 Å². The van der Waals surface area contributed by atoms with E-state index >= 15 is 0 Å². The fourth-order valence-electron chi connectivity index (χ4n) is 5.31. The molecule has 11 nitrogen and oxygen atoms in total. The van der Waals surface area contributed by atoms with Crippen molar-refractivity contribution in [1.82, 2.24) is 24.3 Å². The number of fused-ring (bicyclic) bond motifs is 4. The lowest BCUT2D eigenvalue weighted by Crippen LogP contribution is -2.54. The van der Waals surface area contributed by atoms with E-state index in [0.29, 0.717) is 34.5 Å². The molecule has 0 radical (unpaired) electrons. The Labute approximate surface area is 226 Å². The van der Waals surface area contributed by atoms with Crippen molar-refractivity contribution < 1.29 is 9.84 Å². The van der Waals surface area contributed by atoms with Gasteiger partial charge in [-0.05, 0) is 44.2 Å². The molecular weight excluding hydrogens is 496 g/mol. The smallest absolute Gasteiger partial charge is 0.278 e. The molecule has 3 aromatic heterocycles. The van der Waals surface area contributed by atoms with E-state index < -0.39 is 5.60 Å². The van der Waals surface area contributed by atoms with Crippen LogP contribution in [0.15, 0.2) is 60.0 Å². The molecule has 2 N–H and O–H groups in total. The molecule has 1 fully saturated rings. The molecule has 11 heteroatoms. The van der Waals surface area contributed by atoms with Gasteiger partial charge in [0.15, 0.2) is 11.5 Å². The highest BCUT2D eigenvalue weighted by molar-refractivity contribution is 5.80. The largest absolute Gasteiger partial charge is 0.384 e. The van der Waals surface area contributed by atoms with Crippen molar-refractivity contribution >= 4 is 34.0 Å². The van der Waals surface area contributed by atoms with Crippen LogP contribution in [0.4, 0.5) is 23.0 Å². The first-order valence-electron chi connectivity index (χ1n) is 13.0. The topological polar surface area (TPSA) is 114 Å². The van der Waals surface area contributed by atoms with Gasteiger partial charge in [-0.2, -0.15) is 4.98 Å². The minimum atomic E-state index is -1.15. The number of nitrogens with one attached hydrogen (secondary N) is 1. The second-order valence-electron chi connectivity index (χ2n) is 10.5. The highest BCUT2D eigenvalue weighted by Gasteiger charge is 2.31. The molecule has 6 rings (SSSR count). The molecule has 0 bridgehead atoms. The monoisotopic (exact) mass is 528 g/mol. The van der Waals surface area contributed by atoms with E-state index in [4.69, 9.17) is 9.72 Å². The number of hydrogen-bond donors (Lipinski definition) is 2. The average Bonchev–Trinajstić information content (AvgIpc) is 3.19. The lowest BCUT2D eigenvalue weighted by Gasteiger charge is -2.45. The van der Waals surface area contributed by atoms with Gasteiger partial charge in [-0.15, -0.1) is 6.58 Å². The number of anilines is 4. The fraction of sp³-hybridized carbons (Fsp3) is 0.357.